The number of likely N-dealkylation sites (N-methyl/N-ethyl adjacent to an activating group) is 1. The van der Waals surface area contributed by atoms with Crippen LogP contribution in [0.5, 0.6) is 0 Å². The molecule has 1 N–H and O–H groups in total. The van der Waals surface area contributed by atoms with Gasteiger partial charge in [-0.3, -0.25) is 14.5 Å². The molecule has 8 nitrogen and oxygen atoms in total. The van der Waals surface area contributed by atoms with E-state index in [1.807, 2.05) is 11.6 Å². The van der Waals surface area contributed by atoms with E-state index >= 15 is 0 Å². The van der Waals surface area contributed by atoms with E-state index < -0.39 is 12.1 Å². The summed E-state index contributed by atoms with van der Waals surface area (Å²) in [6.45, 7) is 5.56. The van der Waals surface area contributed by atoms with Gasteiger partial charge in [-0.05, 0) is 12.3 Å². The minimum Gasteiger partial charge on any atom is -0.475 e. The number of rotatable bonds is 4. The lowest BCUT2D eigenvalue weighted by Gasteiger charge is -2.27. The molecule has 1 aromatic rings. The van der Waals surface area contributed by atoms with Crippen LogP contribution in [0.25, 0.3) is 0 Å². The van der Waals surface area contributed by atoms with E-state index in [0.717, 1.165) is 31.1 Å². The first kappa shape index (κ1) is 24.1. The summed E-state index contributed by atoms with van der Waals surface area (Å²) < 4.78 is 31.7. The van der Waals surface area contributed by atoms with Crippen LogP contribution in [-0.4, -0.2) is 89.0 Å². The molecule has 0 unspecified atom stereocenters. The van der Waals surface area contributed by atoms with Gasteiger partial charge in [-0.1, -0.05) is 6.92 Å². The Labute approximate surface area is 176 Å². The van der Waals surface area contributed by atoms with E-state index in [1.165, 1.54) is 0 Å². The first-order chi connectivity index (χ1) is 13.9. The number of carbonyl (C=O) groups excluding carboxylic acids is 2. The van der Waals surface area contributed by atoms with Crippen molar-refractivity contribution in [3.8, 4) is 0 Å². The predicted octanol–water partition coefficient (Wildman–Crippen LogP) is 1.53. The number of carboxylic acid groups (broad SMARTS) is 1. The second-order valence-corrected chi connectivity index (χ2v) is 8.70. The van der Waals surface area contributed by atoms with Crippen LogP contribution < -0.4 is 0 Å². The van der Waals surface area contributed by atoms with Crippen LogP contribution in [0, 0.1) is 11.3 Å². The average Bonchev–Trinajstić information content (AvgIpc) is 3.32. The van der Waals surface area contributed by atoms with Gasteiger partial charge in [0.05, 0.1) is 18.5 Å². The Bertz CT molecular complexity index is 772. The number of hydrogen-bond acceptors (Lipinski definition) is 6. The molecule has 2 saturated heterocycles. The van der Waals surface area contributed by atoms with Crippen molar-refractivity contribution in [3.63, 3.8) is 0 Å². The summed E-state index contributed by atoms with van der Waals surface area (Å²) in [5, 5.41) is 10.2. The molecule has 168 valence electrons. The summed E-state index contributed by atoms with van der Waals surface area (Å²) in [7, 11) is 3.46. The van der Waals surface area contributed by atoms with Crippen LogP contribution in [0.4, 0.5) is 13.2 Å². The lowest BCUT2D eigenvalue weighted by Crippen LogP contribution is -2.43. The molecule has 2 aliphatic heterocycles. The Morgan fingerprint density at radius 1 is 1.40 bits per heavy atom. The largest absolute Gasteiger partial charge is 0.490 e. The van der Waals surface area contributed by atoms with Crippen molar-refractivity contribution in [2.45, 2.75) is 26.1 Å². The van der Waals surface area contributed by atoms with E-state index in [4.69, 9.17) is 9.90 Å². The van der Waals surface area contributed by atoms with Gasteiger partial charge in [0.1, 0.15) is 5.01 Å². The summed E-state index contributed by atoms with van der Waals surface area (Å²) in [6, 6.07) is 0. The first-order valence-corrected chi connectivity index (χ1v) is 10.1. The molecule has 3 rings (SSSR count). The summed E-state index contributed by atoms with van der Waals surface area (Å²) in [5.74, 6) is -2.30. The number of nitrogens with zero attached hydrogens (tertiary/aromatic N) is 4. The van der Waals surface area contributed by atoms with Gasteiger partial charge >= 0.3 is 12.1 Å². The van der Waals surface area contributed by atoms with Gasteiger partial charge in [-0.2, -0.15) is 13.2 Å². The average molecular weight is 450 g/mol. The predicted molar refractivity (Wildman–Crippen MR) is 103 cm³/mol. The molecule has 12 heteroatoms. The second-order valence-electron chi connectivity index (χ2n) is 7.72. The summed E-state index contributed by atoms with van der Waals surface area (Å²) in [5.41, 5.74) is -0.316. The van der Waals surface area contributed by atoms with Crippen molar-refractivity contribution in [1.82, 2.24) is 19.7 Å². The fraction of sp³-hybridized carbons (Fsp3) is 0.667. The number of carboxylic acids is 1. The molecule has 2 aliphatic rings. The topological polar surface area (TPSA) is 94.1 Å². The molecular formula is C18H25F3N4O4S. The van der Waals surface area contributed by atoms with E-state index in [0.29, 0.717) is 12.5 Å². The summed E-state index contributed by atoms with van der Waals surface area (Å²) in [4.78, 5) is 43.7. The molecule has 1 spiro atoms. The van der Waals surface area contributed by atoms with Crippen molar-refractivity contribution < 1.29 is 32.7 Å². The van der Waals surface area contributed by atoms with E-state index in [9.17, 15) is 22.8 Å². The van der Waals surface area contributed by atoms with Gasteiger partial charge < -0.3 is 14.9 Å². The fourth-order valence-electron chi connectivity index (χ4n) is 3.74. The van der Waals surface area contributed by atoms with Crippen molar-refractivity contribution in [2.75, 3.05) is 40.3 Å². The molecule has 2 fully saturated rings. The molecule has 2 atom stereocenters. The Hall–Kier alpha value is -2.21. The number of amides is 2. The van der Waals surface area contributed by atoms with Gasteiger partial charge in [-0.25, -0.2) is 9.78 Å². The molecule has 2 amide bonds. The van der Waals surface area contributed by atoms with Gasteiger partial charge in [0.2, 0.25) is 11.8 Å². The minimum atomic E-state index is -5.08. The highest BCUT2D eigenvalue weighted by Crippen LogP contribution is 2.45. The normalized spacial score (nSPS) is 24.1. The number of aromatic nitrogens is 1. The van der Waals surface area contributed by atoms with Gasteiger partial charge in [0.25, 0.3) is 0 Å². The van der Waals surface area contributed by atoms with Crippen LogP contribution in [0.2, 0.25) is 0 Å². The lowest BCUT2D eigenvalue weighted by molar-refractivity contribution is -0.192. The number of alkyl halides is 3. The van der Waals surface area contributed by atoms with Crippen molar-refractivity contribution in [1.29, 1.82) is 0 Å². The minimum absolute atomic E-state index is 0.0132. The van der Waals surface area contributed by atoms with Crippen molar-refractivity contribution in [3.05, 3.63) is 16.6 Å². The number of aliphatic carboxylic acids is 1. The van der Waals surface area contributed by atoms with E-state index in [1.54, 1.807) is 35.2 Å². The maximum atomic E-state index is 13.0. The third-order valence-electron chi connectivity index (χ3n) is 5.43. The van der Waals surface area contributed by atoms with Crippen molar-refractivity contribution >= 4 is 29.1 Å². The van der Waals surface area contributed by atoms with Gasteiger partial charge in [-0.15, -0.1) is 11.3 Å². The Balaban J connectivity index is 0.000000396. The Kier molecular flexibility index (Phi) is 7.45. The Morgan fingerprint density at radius 3 is 2.53 bits per heavy atom. The SMILES string of the molecule is C[C@@H]1CN(Cc2nccs2)C[C@]12CCN(CC(=O)N(C)C)C2=O.O=C(O)C(F)(F)F. The van der Waals surface area contributed by atoms with Crippen LogP contribution in [0.1, 0.15) is 18.4 Å². The van der Waals surface area contributed by atoms with Crippen LogP contribution >= 0.6 is 11.3 Å². The molecule has 0 bridgehead atoms. The zero-order valence-corrected chi connectivity index (χ0v) is 17.8. The number of likely N-dealkylation sites (tertiary alicyclic amines) is 2. The number of halogens is 3. The zero-order valence-electron chi connectivity index (χ0n) is 17.0. The number of thiazole rings is 1. The molecule has 0 saturated carbocycles. The highest BCUT2D eigenvalue weighted by Gasteiger charge is 2.55. The van der Waals surface area contributed by atoms with Crippen molar-refractivity contribution in [2.24, 2.45) is 11.3 Å². The molecule has 0 aromatic carbocycles. The first-order valence-electron chi connectivity index (χ1n) is 9.27. The smallest absolute Gasteiger partial charge is 0.475 e. The number of hydrogen-bond donors (Lipinski definition) is 1. The van der Waals surface area contributed by atoms with Gasteiger partial charge in [0.15, 0.2) is 0 Å². The summed E-state index contributed by atoms with van der Waals surface area (Å²) in [6.07, 6.45) is -2.41. The fourth-order valence-corrected chi connectivity index (χ4v) is 4.40. The highest BCUT2D eigenvalue weighted by molar-refractivity contribution is 7.09. The van der Waals surface area contributed by atoms with E-state index in [2.05, 4.69) is 16.8 Å². The monoisotopic (exact) mass is 450 g/mol. The third kappa shape index (κ3) is 5.48. The lowest BCUT2D eigenvalue weighted by atomic mass is 9.78. The van der Waals surface area contributed by atoms with Crippen LogP contribution in [0.3, 0.4) is 0 Å². The zero-order chi connectivity index (χ0) is 22.7. The maximum absolute atomic E-state index is 13.0. The molecule has 3 heterocycles. The second kappa shape index (κ2) is 9.29. The molecule has 0 radical (unpaired) electrons. The summed E-state index contributed by atoms with van der Waals surface area (Å²) >= 11 is 1.66. The highest BCUT2D eigenvalue weighted by atomic mass is 32.1. The molecular weight excluding hydrogens is 425 g/mol. The Morgan fingerprint density at radius 2 is 2.03 bits per heavy atom. The number of carbonyl (C=O) groups is 3. The van der Waals surface area contributed by atoms with E-state index in [-0.39, 0.29) is 23.8 Å². The molecule has 0 aliphatic carbocycles. The molecule has 30 heavy (non-hydrogen) atoms. The van der Waals surface area contributed by atoms with Gasteiger partial charge in [0, 0.05) is 45.3 Å². The third-order valence-corrected chi connectivity index (χ3v) is 6.20. The quantitative estimate of drug-likeness (QED) is 0.748. The van der Waals surface area contributed by atoms with Crippen LogP contribution in [0.15, 0.2) is 11.6 Å². The maximum Gasteiger partial charge on any atom is 0.490 e. The van der Waals surface area contributed by atoms with Crippen LogP contribution in [-0.2, 0) is 20.9 Å². The standard InChI is InChI=1S/C16H24N4O2S.C2HF3O2/c1-12-8-19(9-13-17-5-7-23-13)11-16(12)4-6-20(15(16)22)10-14(21)18(2)3;3-2(4,5)1(6)7/h5,7,12H,4,6,8-11H2,1-3H3;(H,6,7)/t12-,16-;/m1./s1. The molecule has 1 aromatic heterocycles.